The molecule has 2 unspecified atom stereocenters. The maximum atomic E-state index is 11.9. The minimum atomic E-state index is -0.0121. The predicted molar refractivity (Wildman–Crippen MR) is 110 cm³/mol. The van der Waals surface area contributed by atoms with E-state index in [2.05, 4.69) is 46.8 Å². The molecule has 0 spiro atoms. The summed E-state index contributed by atoms with van der Waals surface area (Å²) in [4.78, 5) is 17.9. The number of ether oxygens (including phenoxy) is 1. The van der Waals surface area contributed by atoms with Crippen LogP contribution < -0.4 is 10.6 Å². The number of hydrogen-bond acceptors (Lipinski definition) is 3. The SMILES string of the molecule is CC(CCc1ccccc1)NC(=NCC(=O)N(C)C)NCC1CCCCO1. The van der Waals surface area contributed by atoms with Crippen molar-refractivity contribution in [1.29, 1.82) is 0 Å². The fourth-order valence-corrected chi connectivity index (χ4v) is 2.95. The molecule has 27 heavy (non-hydrogen) atoms. The van der Waals surface area contributed by atoms with Gasteiger partial charge in [0.1, 0.15) is 6.54 Å². The monoisotopic (exact) mass is 374 g/mol. The second-order valence-corrected chi connectivity index (χ2v) is 7.39. The van der Waals surface area contributed by atoms with Gasteiger partial charge in [-0.3, -0.25) is 4.79 Å². The van der Waals surface area contributed by atoms with Crippen LogP contribution in [0.1, 0.15) is 38.2 Å². The molecule has 0 saturated carbocycles. The Balaban J connectivity index is 1.86. The third-order valence-electron chi connectivity index (χ3n) is 4.73. The molecule has 150 valence electrons. The van der Waals surface area contributed by atoms with Crippen LogP contribution in [0, 0.1) is 0 Å². The van der Waals surface area contributed by atoms with Gasteiger partial charge in [0.25, 0.3) is 0 Å². The molecule has 1 saturated heterocycles. The van der Waals surface area contributed by atoms with Crippen molar-refractivity contribution in [2.45, 2.75) is 51.2 Å². The Kier molecular flexibility index (Phi) is 9.11. The van der Waals surface area contributed by atoms with Crippen molar-refractivity contribution in [2.75, 3.05) is 33.8 Å². The molecule has 0 aliphatic carbocycles. The lowest BCUT2D eigenvalue weighted by atomic mass is 10.1. The summed E-state index contributed by atoms with van der Waals surface area (Å²) in [6.45, 7) is 3.83. The van der Waals surface area contributed by atoms with Crippen LogP contribution >= 0.6 is 0 Å². The molecule has 1 aliphatic heterocycles. The number of carbonyl (C=O) groups excluding carboxylic acids is 1. The standard InChI is InChI=1S/C21H34N4O2/c1-17(12-13-18-9-5-4-6-10-18)24-21(23-16-20(26)25(2)3)22-15-19-11-7-8-14-27-19/h4-6,9-10,17,19H,7-8,11-16H2,1-3H3,(H2,22,23,24). The summed E-state index contributed by atoms with van der Waals surface area (Å²) in [6.07, 6.45) is 5.63. The molecule has 1 heterocycles. The zero-order chi connectivity index (χ0) is 19.5. The Labute approximate surface area is 163 Å². The molecule has 0 aromatic heterocycles. The molecule has 1 fully saturated rings. The zero-order valence-corrected chi connectivity index (χ0v) is 16.9. The molecule has 1 aromatic carbocycles. The number of nitrogens with one attached hydrogen (secondary N) is 2. The summed E-state index contributed by atoms with van der Waals surface area (Å²) in [5, 5.41) is 6.79. The lowest BCUT2D eigenvalue weighted by molar-refractivity contribution is -0.127. The normalized spacial score (nSPS) is 18.6. The van der Waals surface area contributed by atoms with Gasteiger partial charge in [0.15, 0.2) is 5.96 Å². The molecular formula is C21H34N4O2. The van der Waals surface area contributed by atoms with Gasteiger partial charge in [0.2, 0.25) is 5.91 Å². The topological polar surface area (TPSA) is 66.0 Å². The molecule has 6 heteroatoms. The molecule has 2 rings (SSSR count). The Bertz CT molecular complexity index is 583. The third kappa shape index (κ3) is 8.43. The largest absolute Gasteiger partial charge is 0.376 e. The van der Waals surface area contributed by atoms with Crippen LogP contribution in [0.4, 0.5) is 0 Å². The molecule has 0 radical (unpaired) electrons. The Morgan fingerprint density at radius 3 is 2.74 bits per heavy atom. The predicted octanol–water partition coefficient (Wildman–Crippen LogP) is 2.20. The third-order valence-corrected chi connectivity index (χ3v) is 4.73. The summed E-state index contributed by atoms with van der Waals surface area (Å²) in [5.74, 6) is 0.668. The molecule has 1 aromatic rings. The van der Waals surface area contributed by atoms with Crippen LogP contribution in [-0.4, -0.2) is 62.7 Å². The maximum absolute atomic E-state index is 11.9. The van der Waals surface area contributed by atoms with Gasteiger partial charge in [-0.05, 0) is 44.6 Å². The second-order valence-electron chi connectivity index (χ2n) is 7.39. The highest BCUT2D eigenvalue weighted by molar-refractivity contribution is 5.84. The van der Waals surface area contributed by atoms with Gasteiger partial charge >= 0.3 is 0 Å². The van der Waals surface area contributed by atoms with Crippen LogP contribution in [0.3, 0.4) is 0 Å². The first-order valence-electron chi connectivity index (χ1n) is 9.95. The number of carbonyl (C=O) groups is 1. The minimum Gasteiger partial charge on any atom is -0.376 e. The van der Waals surface area contributed by atoms with E-state index in [4.69, 9.17) is 4.74 Å². The van der Waals surface area contributed by atoms with E-state index < -0.39 is 0 Å². The lowest BCUT2D eigenvalue weighted by Crippen LogP contribution is -2.46. The van der Waals surface area contributed by atoms with E-state index >= 15 is 0 Å². The Hall–Kier alpha value is -2.08. The first kappa shape index (κ1) is 21.2. The molecule has 6 nitrogen and oxygen atoms in total. The number of guanidine groups is 1. The number of benzene rings is 1. The first-order chi connectivity index (χ1) is 13.0. The summed E-state index contributed by atoms with van der Waals surface area (Å²) < 4.78 is 5.78. The minimum absolute atomic E-state index is 0.0121. The van der Waals surface area contributed by atoms with Crippen LogP contribution in [0.15, 0.2) is 35.3 Å². The number of aliphatic imine (C=N–C) groups is 1. The summed E-state index contributed by atoms with van der Waals surface area (Å²) in [6, 6.07) is 10.7. The van der Waals surface area contributed by atoms with Gasteiger partial charge in [-0.1, -0.05) is 30.3 Å². The van der Waals surface area contributed by atoms with Gasteiger partial charge in [-0.15, -0.1) is 0 Å². The Morgan fingerprint density at radius 2 is 2.07 bits per heavy atom. The van der Waals surface area contributed by atoms with E-state index in [0.717, 1.165) is 32.3 Å². The van der Waals surface area contributed by atoms with Crippen molar-refractivity contribution in [3.63, 3.8) is 0 Å². The molecule has 2 atom stereocenters. The molecule has 2 N–H and O–H groups in total. The highest BCUT2D eigenvalue weighted by atomic mass is 16.5. The van der Waals surface area contributed by atoms with E-state index in [1.165, 1.54) is 12.0 Å². The molecule has 1 amide bonds. The maximum Gasteiger partial charge on any atom is 0.243 e. The van der Waals surface area contributed by atoms with Crippen LogP contribution in [-0.2, 0) is 16.0 Å². The smallest absolute Gasteiger partial charge is 0.243 e. The van der Waals surface area contributed by atoms with Crippen molar-refractivity contribution < 1.29 is 9.53 Å². The van der Waals surface area contributed by atoms with Gasteiger partial charge in [0, 0.05) is 33.3 Å². The van der Waals surface area contributed by atoms with E-state index in [1.807, 2.05) is 6.07 Å². The Morgan fingerprint density at radius 1 is 1.30 bits per heavy atom. The fraction of sp³-hybridized carbons (Fsp3) is 0.619. The highest BCUT2D eigenvalue weighted by Crippen LogP contribution is 2.11. The van der Waals surface area contributed by atoms with Crippen LogP contribution in [0.25, 0.3) is 0 Å². The number of hydrogen-bond donors (Lipinski definition) is 2. The van der Waals surface area contributed by atoms with Crippen molar-refractivity contribution in [3.8, 4) is 0 Å². The zero-order valence-electron chi connectivity index (χ0n) is 16.9. The van der Waals surface area contributed by atoms with Crippen LogP contribution in [0.2, 0.25) is 0 Å². The summed E-state index contributed by atoms with van der Waals surface area (Å²) >= 11 is 0. The van der Waals surface area contributed by atoms with Gasteiger partial charge in [-0.2, -0.15) is 0 Å². The van der Waals surface area contributed by atoms with E-state index in [0.29, 0.717) is 12.5 Å². The van der Waals surface area contributed by atoms with Crippen molar-refractivity contribution in [3.05, 3.63) is 35.9 Å². The number of aryl methyl sites for hydroxylation is 1. The van der Waals surface area contributed by atoms with E-state index in [9.17, 15) is 4.79 Å². The molecule has 1 aliphatic rings. The highest BCUT2D eigenvalue weighted by Gasteiger charge is 2.15. The lowest BCUT2D eigenvalue weighted by Gasteiger charge is -2.25. The second kappa shape index (κ2) is 11.6. The van der Waals surface area contributed by atoms with Gasteiger partial charge in [0.05, 0.1) is 6.10 Å². The summed E-state index contributed by atoms with van der Waals surface area (Å²) in [5.41, 5.74) is 1.33. The number of likely N-dealkylation sites (N-methyl/N-ethyl adjacent to an activating group) is 1. The average molecular weight is 375 g/mol. The summed E-state index contributed by atoms with van der Waals surface area (Å²) in [7, 11) is 3.49. The van der Waals surface area contributed by atoms with E-state index in [-0.39, 0.29) is 24.6 Å². The van der Waals surface area contributed by atoms with E-state index in [1.54, 1.807) is 19.0 Å². The number of nitrogens with zero attached hydrogens (tertiary/aromatic N) is 2. The van der Waals surface area contributed by atoms with Crippen LogP contribution in [0.5, 0.6) is 0 Å². The number of rotatable bonds is 8. The van der Waals surface area contributed by atoms with Crippen molar-refractivity contribution in [1.82, 2.24) is 15.5 Å². The number of amides is 1. The average Bonchev–Trinajstić information content (AvgIpc) is 2.69. The molecular weight excluding hydrogens is 340 g/mol. The first-order valence-corrected chi connectivity index (χ1v) is 9.95. The molecule has 0 bridgehead atoms. The quantitative estimate of drug-likeness (QED) is 0.541. The van der Waals surface area contributed by atoms with Crippen molar-refractivity contribution >= 4 is 11.9 Å². The van der Waals surface area contributed by atoms with Crippen molar-refractivity contribution in [2.24, 2.45) is 4.99 Å². The van der Waals surface area contributed by atoms with Gasteiger partial charge < -0.3 is 20.3 Å². The van der Waals surface area contributed by atoms with Gasteiger partial charge in [-0.25, -0.2) is 4.99 Å². The fourth-order valence-electron chi connectivity index (χ4n) is 2.95.